The lowest BCUT2D eigenvalue weighted by atomic mass is 10.4. The van der Waals surface area contributed by atoms with Crippen LogP contribution in [0.2, 0.25) is 0 Å². The first-order chi connectivity index (χ1) is 5.61. The van der Waals surface area contributed by atoms with Crippen molar-refractivity contribution in [1.29, 1.82) is 0 Å². The third-order valence-corrected chi connectivity index (χ3v) is 2.09. The van der Waals surface area contributed by atoms with Crippen molar-refractivity contribution in [3.8, 4) is 0 Å². The standard InChI is InChI=1S/C6H4FIN2O2/c7-3-1-2-9-5(4(3)8)10-6(11)12/h1-2H,(H,9,10)(H,11,12). The average Bonchev–Trinajstić information content (AvgIpc) is 1.98. The molecular formula is C6H4FIN2O2. The molecule has 0 atom stereocenters. The number of carbonyl (C=O) groups is 1. The number of amides is 1. The molecule has 4 nitrogen and oxygen atoms in total. The molecule has 1 heterocycles. The van der Waals surface area contributed by atoms with Crippen LogP contribution in [0.3, 0.4) is 0 Å². The van der Waals surface area contributed by atoms with Crippen molar-refractivity contribution in [1.82, 2.24) is 4.98 Å². The lowest BCUT2D eigenvalue weighted by Crippen LogP contribution is -2.10. The molecular weight excluding hydrogens is 278 g/mol. The number of nitrogens with one attached hydrogen (secondary N) is 1. The number of rotatable bonds is 1. The Morgan fingerprint density at radius 2 is 2.42 bits per heavy atom. The number of pyridine rings is 1. The van der Waals surface area contributed by atoms with Gasteiger partial charge in [-0.15, -0.1) is 0 Å². The summed E-state index contributed by atoms with van der Waals surface area (Å²) in [4.78, 5) is 13.8. The van der Waals surface area contributed by atoms with E-state index in [0.717, 1.165) is 6.07 Å². The Morgan fingerprint density at radius 1 is 1.75 bits per heavy atom. The summed E-state index contributed by atoms with van der Waals surface area (Å²) in [6, 6.07) is 1.16. The second kappa shape index (κ2) is 3.65. The number of aromatic nitrogens is 1. The van der Waals surface area contributed by atoms with Gasteiger partial charge in [-0.3, -0.25) is 5.32 Å². The van der Waals surface area contributed by atoms with Crippen molar-refractivity contribution in [3.63, 3.8) is 0 Å². The van der Waals surface area contributed by atoms with Crippen LogP contribution < -0.4 is 5.32 Å². The number of halogens is 2. The van der Waals surface area contributed by atoms with E-state index in [1.807, 2.05) is 5.32 Å². The van der Waals surface area contributed by atoms with Gasteiger partial charge in [0.15, 0.2) is 5.82 Å². The van der Waals surface area contributed by atoms with Crippen LogP contribution >= 0.6 is 22.6 Å². The minimum atomic E-state index is -1.26. The number of nitrogens with zero attached hydrogens (tertiary/aromatic N) is 1. The first-order valence-corrected chi connectivity index (χ1v) is 3.99. The summed E-state index contributed by atoms with van der Waals surface area (Å²) in [5.74, 6) is -0.475. The summed E-state index contributed by atoms with van der Waals surface area (Å²) in [5.41, 5.74) is 0. The quantitative estimate of drug-likeness (QED) is 0.773. The molecule has 0 bridgehead atoms. The van der Waals surface area contributed by atoms with E-state index in [1.165, 1.54) is 6.20 Å². The summed E-state index contributed by atoms with van der Waals surface area (Å²) in [7, 11) is 0. The van der Waals surface area contributed by atoms with Crippen LogP contribution in [0, 0.1) is 9.39 Å². The van der Waals surface area contributed by atoms with Gasteiger partial charge in [0, 0.05) is 6.20 Å². The maximum absolute atomic E-state index is 12.7. The lowest BCUT2D eigenvalue weighted by Gasteiger charge is -2.01. The van der Waals surface area contributed by atoms with E-state index in [4.69, 9.17) is 5.11 Å². The van der Waals surface area contributed by atoms with Gasteiger partial charge in [0.2, 0.25) is 0 Å². The lowest BCUT2D eigenvalue weighted by molar-refractivity contribution is 0.209. The zero-order valence-electron chi connectivity index (χ0n) is 5.71. The fraction of sp³-hybridized carbons (Fsp3) is 0. The molecule has 0 saturated carbocycles. The van der Waals surface area contributed by atoms with Crippen LogP contribution in [-0.4, -0.2) is 16.2 Å². The monoisotopic (exact) mass is 282 g/mol. The molecule has 12 heavy (non-hydrogen) atoms. The Morgan fingerprint density at radius 3 is 3.00 bits per heavy atom. The third-order valence-electron chi connectivity index (χ3n) is 1.07. The molecule has 0 aliphatic rings. The second-order valence-electron chi connectivity index (χ2n) is 1.89. The molecule has 1 amide bonds. The number of hydrogen-bond acceptors (Lipinski definition) is 2. The topological polar surface area (TPSA) is 62.2 Å². The summed E-state index contributed by atoms with van der Waals surface area (Å²) in [6.45, 7) is 0. The average molecular weight is 282 g/mol. The predicted octanol–water partition coefficient (Wildman–Crippen LogP) is 1.92. The zero-order valence-corrected chi connectivity index (χ0v) is 7.87. The Bertz CT molecular complexity index is 318. The van der Waals surface area contributed by atoms with Crippen LogP contribution in [0.15, 0.2) is 12.3 Å². The van der Waals surface area contributed by atoms with Gasteiger partial charge in [-0.1, -0.05) is 0 Å². The van der Waals surface area contributed by atoms with Crippen LogP contribution in [0.5, 0.6) is 0 Å². The fourth-order valence-corrected chi connectivity index (χ4v) is 1.06. The Labute approximate surface area is 80.9 Å². The van der Waals surface area contributed by atoms with E-state index in [2.05, 4.69) is 4.98 Å². The van der Waals surface area contributed by atoms with Crippen LogP contribution in [0.1, 0.15) is 0 Å². The molecule has 6 heteroatoms. The van der Waals surface area contributed by atoms with Gasteiger partial charge >= 0.3 is 6.09 Å². The predicted molar refractivity (Wildman–Crippen MR) is 48.6 cm³/mol. The van der Waals surface area contributed by atoms with Gasteiger partial charge in [0.05, 0.1) is 3.57 Å². The van der Waals surface area contributed by atoms with Gasteiger partial charge in [-0.25, -0.2) is 14.2 Å². The first kappa shape index (κ1) is 9.17. The molecule has 1 aromatic heterocycles. The Kier molecular flexibility index (Phi) is 2.79. The molecule has 0 aliphatic carbocycles. The maximum Gasteiger partial charge on any atom is 0.410 e. The first-order valence-electron chi connectivity index (χ1n) is 2.91. The number of carboxylic acid groups (broad SMARTS) is 1. The molecule has 0 fully saturated rings. The summed E-state index contributed by atoms with van der Waals surface area (Å²) in [6.07, 6.45) is -0.0611. The van der Waals surface area contributed by atoms with Gasteiger partial charge in [0.1, 0.15) is 5.82 Å². The molecule has 0 aromatic carbocycles. The van der Waals surface area contributed by atoms with E-state index in [0.29, 0.717) is 0 Å². The summed E-state index contributed by atoms with van der Waals surface area (Å²) >= 11 is 1.67. The summed E-state index contributed by atoms with van der Waals surface area (Å²) < 4.78 is 12.9. The highest BCUT2D eigenvalue weighted by molar-refractivity contribution is 14.1. The van der Waals surface area contributed by atoms with Crippen LogP contribution in [-0.2, 0) is 0 Å². The van der Waals surface area contributed by atoms with Crippen molar-refractivity contribution in [2.24, 2.45) is 0 Å². The molecule has 64 valence electrons. The SMILES string of the molecule is O=C(O)Nc1nccc(F)c1I. The largest absolute Gasteiger partial charge is 0.465 e. The normalized spacial score (nSPS) is 9.50. The van der Waals surface area contributed by atoms with Crippen LogP contribution in [0.25, 0.3) is 0 Å². The van der Waals surface area contributed by atoms with E-state index < -0.39 is 11.9 Å². The van der Waals surface area contributed by atoms with Gasteiger partial charge < -0.3 is 5.11 Å². The van der Waals surface area contributed by atoms with Crippen LogP contribution in [0.4, 0.5) is 15.0 Å². The number of hydrogen-bond donors (Lipinski definition) is 2. The van der Waals surface area contributed by atoms with Gasteiger partial charge in [-0.05, 0) is 28.7 Å². The van der Waals surface area contributed by atoms with Gasteiger partial charge in [-0.2, -0.15) is 0 Å². The Balaban J connectivity index is 3.00. The number of anilines is 1. The van der Waals surface area contributed by atoms with Crippen molar-refractivity contribution in [3.05, 3.63) is 21.7 Å². The molecule has 0 radical (unpaired) electrons. The molecule has 1 rings (SSSR count). The fourth-order valence-electron chi connectivity index (χ4n) is 0.609. The zero-order chi connectivity index (χ0) is 9.14. The molecule has 0 spiro atoms. The van der Waals surface area contributed by atoms with Crippen molar-refractivity contribution >= 4 is 34.5 Å². The maximum atomic E-state index is 12.7. The van der Waals surface area contributed by atoms with E-state index in [1.54, 1.807) is 22.6 Å². The Hall–Kier alpha value is -0.920. The summed E-state index contributed by atoms with van der Waals surface area (Å²) in [5, 5.41) is 10.3. The highest BCUT2D eigenvalue weighted by atomic mass is 127. The van der Waals surface area contributed by atoms with Gasteiger partial charge in [0.25, 0.3) is 0 Å². The highest BCUT2D eigenvalue weighted by Gasteiger charge is 2.07. The van der Waals surface area contributed by atoms with Crippen molar-refractivity contribution in [2.75, 3.05) is 5.32 Å². The highest BCUT2D eigenvalue weighted by Crippen LogP contribution is 2.17. The minimum Gasteiger partial charge on any atom is -0.465 e. The molecule has 2 N–H and O–H groups in total. The molecule has 0 unspecified atom stereocenters. The van der Waals surface area contributed by atoms with E-state index >= 15 is 0 Å². The smallest absolute Gasteiger partial charge is 0.410 e. The third kappa shape index (κ3) is 2.03. The second-order valence-corrected chi connectivity index (χ2v) is 2.96. The molecule has 0 saturated heterocycles. The molecule has 0 aliphatic heterocycles. The minimum absolute atomic E-state index is 0.0168. The molecule has 1 aromatic rings. The van der Waals surface area contributed by atoms with Crippen molar-refractivity contribution in [2.45, 2.75) is 0 Å². The van der Waals surface area contributed by atoms with Crippen molar-refractivity contribution < 1.29 is 14.3 Å². The van der Waals surface area contributed by atoms with E-state index in [-0.39, 0.29) is 9.39 Å². The van der Waals surface area contributed by atoms with E-state index in [9.17, 15) is 9.18 Å².